The van der Waals surface area contributed by atoms with E-state index >= 15 is 9.59 Å². The highest BCUT2D eigenvalue weighted by Crippen LogP contribution is 2.79. The first kappa shape index (κ1) is 36.4. The van der Waals surface area contributed by atoms with Crippen LogP contribution in [0.3, 0.4) is 0 Å². The van der Waals surface area contributed by atoms with Gasteiger partial charge in [-0.25, -0.2) is 23.5 Å². The minimum atomic E-state index is -0.740. The number of carbonyl (C=O) groups is 2. The summed E-state index contributed by atoms with van der Waals surface area (Å²) in [5, 5.41) is 0. The molecule has 0 N–H and O–H groups in total. The van der Waals surface area contributed by atoms with Crippen LogP contribution in [0.25, 0.3) is 5.69 Å². The molecule has 2 heterocycles. The Labute approximate surface area is 313 Å². The van der Waals surface area contributed by atoms with Crippen LogP contribution in [0, 0.1) is 44.8 Å². The Hall–Kier alpha value is -3.56. The van der Waals surface area contributed by atoms with Gasteiger partial charge in [0.15, 0.2) is 0 Å². The van der Waals surface area contributed by atoms with E-state index in [1.54, 1.807) is 31.4 Å². The van der Waals surface area contributed by atoms with Gasteiger partial charge >= 0.3 is 23.3 Å². The summed E-state index contributed by atoms with van der Waals surface area (Å²) in [5.41, 5.74) is 0.748. The molecule has 53 heavy (non-hydrogen) atoms. The summed E-state index contributed by atoms with van der Waals surface area (Å²) in [7, 11) is 1.60. The van der Waals surface area contributed by atoms with E-state index < -0.39 is 11.0 Å². The summed E-state index contributed by atoms with van der Waals surface area (Å²) in [5.74, 6) is 0.712. The normalized spacial score (nSPS) is 39.1. The minimum Gasteiger partial charge on any atom is -0.497 e. The Morgan fingerprint density at radius 1 is 0.849 bits per heavy atom. The standard InChI is InChI=1S/C43H59N3O7/c1-25(2)43-22-21-42(24-52-26(3)47)20-19-41(9)34(35(42)43)30(45-36(49)44(37(50)46(43)45)28-11-13-29(51-10)14-12-28)23-32-39(7)17-16-33(53-27(4)48)38(5,6)31(39)15-18-40(32,41)8/h11-14,25,30-33H,15-24H2,1-10H3/t30-,31-,32+,33-,39-,40+,41+,42-,43-/m0/s1. The predicted molar refractivity (Wildman–Crippen MR) is 201 cm³/mol. The highest BCUT2D eigenvalue weighted by atomic mass is 16.5. The van der Waals surface area contributed by atoms with Crippen molar-refractivity contribution in [2.45, 2.75) is 138 Å². The molecule has 0 spiro atoms. The average Bonchev–Trinajstić information content (AvgIpc) is 3.58. The zero-order valence-corrected chi connectivity index (χ0v) is 33.5. The van der Waals surface area contributed by atoms with Gasteiger partial charge < -0.3 is 14.2 Å². The maximum atomic E-state index is 15.2. The van der Waals surface area contributed by atoms with Crippen LogP contribution in [0.15, 0.2) is 45.0 Å². The smallest absolute Gasteiger partial charge is 0.352 e. The summed E-state index contributed by atoms with van der Waals surface area (Å²) in [6.07, 6.45) is 7.73. The van der Waals surface area contributed by atoms with Crippen molar-refractivity contribution in [3.8, 4) is 11.4 Å². The van der Waals surface area contributed by atoms with Gasteiger partial charge in [-0.15, -0.1) is 0 Å². The lowest BCUT2D eigenvalue weighted by molar-refractivity contribution is -0.218. The second-order valence-corrected chi connectivity index (χ2v) is 19.3. The number of hydrogen-bond donors (Lipinski definition) is 0. The van der Waals surface area contributed by atoms with E-state index in [-0.39, 0.29) is 69.0 Å². The van der Waals surface area contributed by atoms with Gasteiger partial charge in [0.1, 0.15) is 18.5 Å². The van der Waals surface area contributed by atoms with Gasteiger partial charge in [0, 0.05) is 24.7 Å². The highest BCUT2D eigenvalue weighted by molar-refractivity contribution is 5.66. The molecule has 0 unspecified atom stereocenters. The average molecular weight is 730 g/mol. The number of aromatic nitrogens is 3. The molecule has 1 aromatic heterocycles. The van der Waals surface area contributed by atoms with Crippen LogP contribution in [0.2, 0.25) is 0 Å². The fourth-order valence-electron chi connectivity index (χ4n) is 14.2. The van der Waals surface area contributed by atoms with Crippen molar-refractivity contribution in [2.24, 2.45) is 44.8 Å². The molecular formula is C43H59N3O7. The number of hydrogen-bond acceptors (Lipinski definition) is 7. The SMILES string of the molecule is COc1ccc(-n2c(=O)n3n(c2=O)[C@]2(C(C)C)CC[C@]4(COC(C)=O)CC[C@]5(C)C(=C42)[C@@H]3C[C@@H]2[C@@]3(C)CC[C@H](OC(C)=O)C(C)(C)[C@@H]3CC[C@]25C)cc1. The van der Waals surface area contributed by atoms with Crippen molar-refractivity contribution < 1.29 is 23.8 Å². The number of allylic oxidation sites excluding steroid dienone is 1. The molecule has 8 rings (SSSR count). The van der Waals surface area contributed by atoms with Crippen LogP contribution in [0.4, 0.5) is 0 Å². The molecule has 1 aromatic carbocycles. The van der Waals surface area contributed by atoms with E-state index in [4.69, 9.17) is 14.2 Å². The molecule has 288 valence electrons. The quantitative estimate of drug-likeness (QED) is 0.226. The molecule has 0 radical (unpaired) electrons. The Bertz CT molecular complexity index is 2040. The summed E-state index contributed by atoms with van der Waals surface area (Å²) in [6, 6.07) is 6.86. The Kier molecular flexibility index (Phi) is 7.89. The van der Waals surface area contributed by atoms with Crippen LogP contribution < -0.4 is 16.1 Å². The molecule has 6 aliphatic rings. The summed E-state index contributed by atoms with van der Waals surface area (Å²) in [4.78, 5) is 55.1. The molecule has 0 bridgehead atoms. The first-order valence-electron chi connectivity index (χ1n) is 20.0. The summed E-state index contributed by atoms with van der Waals surface area (Å²) >= 11 is 0. The molecule has 5 aliphatic carbocycles. The zero-order chi connectivity index (χ0) is 38.3. The second kappa shape index (κ2) is 11.5. The molecule has 2 aromatic rings. The van der Waals surface area contributed by atoms with E-state index in [0.29, 0.717) is 30.4 Å². The van der Waals surface area contributed by atoms with Crippen molar-refractivity contribution in [1.82, 2.24) is 13.9 Å². The lowest BCUT2D eigenvalue weighted by atomic mass is 9.33. The highest BCUT2D eigenvalue weighted by Gasteiger charge is 2.73. The zero-order valence-electron chi connectivity index (χ0n) is 33.5. The maximum Gasteiger partial charge on any atom is 0.352 e. The lowest BCUT2D eigenvalue weighted by Gasteiger charge is -2.72. The van der Waals surface area contributed by atoms with Crippen LogP contribution in [-0.4, -0.2) is 45.7 Å². The number of rotatable bonds is 6. The molecule has 4 fully saturated rings. The lowest BCUT2D eigenvalue weighted by Crippen LogP contribution is -2.67. The third-order valence-electron chi connectivity index (χ3n) is 16.7. The van der Waals surface area contributed by atoms with Gasteiger partial charge in [-0.1, -0.05) is 48.5 Å². The van der Waals surface area contributed by atoms with E-state index in [0.717, 1.165) is 51.4 Å². The van der Waals surface area contributed by atoms with Crippen LogP contribution >= 0.6 is 0 Å². The number of nitrogens with zero attached hydrogens (tertiary/aromatic N) is 3. The van der Waals surface area contributed by atoms with E-state index in [1.807, 2.05) is 9.36 Å². The van der Waals surface area contributed by atoms with E-state index in [9.17, 15) is 9.59 Å². The predicted octanol–water partition coefficient (Wildman–Crippen LogP) is 7.35. The Balaban J connectivity index is 1.39. The van der Waals surface area contributed by atoms with Gasteiger partial charge in [-0.2, -0.15) is 0 Å². The fourth-order valence-corrected chi connectivity index (χ4v) is 14.2. The molecule has 9 atom stereocenters. The second-order valence-electron chi connectivity index (χ2n) is 19.3. The monoisotopic (exact) mass is 729 g/mol. The van der Waals surface area contributed by atoms with Crippen LogP contribution in [0.1, 0.15) is 126 Å². The number of fused-ring (bicyclic) bond motifs is 7. The topological polar surface area (TPSA) is 111 Å². The molecule has 1 aliphatic heterocycles. The Morgan fingerprint density at radius 3 is 2.15 bits per heavy atom. The van der Waals surface area contributed by atoms with Crippen molar-refractivity contribution in [3.05, 3.63) is 56.4 Å². The minimum absolute atomic E-state index is 0.00120. The van der Waals surface area contributed by atoms with E-state index in [2.05, 4.69) is 48.5 Å². The summed E-state index contributed by atoms with van der Waals surface area (Å²) < 4.78 is 22.5. The van der Waals surface area contributed by atoms with Gasteiger partial charge in [0.2, 0.25) is 0 Å². The third-order valence-corrected chi connectivity index (χ3v) is 16.7. The van der Waals surface area contributed by atoms with Crippen molar-refractivity contribution in [2.75, 3.05) is 13.7 Å². The van der Waals surface area contributed by atoms with Crippen molar-refractivity contribution >= 4 is 11.9 Å². The molecule has 0 amide bonds. The molecule has 0 saturated heterocycles. The maximum absolute atomic E-state index is 15.2. The first-order chi connectivity index (χ1) is 24.8. The number of ether oxygens (including phenoxy) is 3. The van der Waals surface area contributed by atoms with Gasteiger partial charge in [0.05, 0.1) is 24.4 Å². The number of esters is 2. The first-order valence-corrected chi connectivity index (χ1v) is 20.0. The van der Waals surface area contributed by atoms with Crippen LogP contribution in [-0.2, 0) is 24.6 Å². The van der Waals surface area contributed by atoms with E-state index in [1.165, 1.54) is 29.6 Å². The Morgan fingerprint density at radius 2 is 1.53 bits per heavy atom. The number of methoxy groups -OCH3 is 1. The van der Waals surface area contributed by atoms with Gasteiger partial charge in [-0.3, -0.25) is 9.59 Å². The molecular weight excluding hydrogens is 670 g/mol. The van der Waals surface area contributed by atoms with Crippen LogP contribution in [0.5, 0.6) is 5.75 Å². The number of carbonyl (C=O) groups excluding carboxylic acids is 2. The van der Waals surface area contributed by atoms with Gasteiger partial charge in [-0.05, 0) is 127 Å². The molecule has 10 nitrogen and oxygen atoms in total. The van der Waals surface area contributed by atoms with Crippen molar-refractivity contribution in [1.29, 1.82) is 0 Å². The summed E-state index contributed by atoms with van der Waals surface area (Å²) in [6.45, 7) is 19.8. The number of benzene rings is 1. The molecule has 10 heteroatoms. The third kappa shape index (κ3) is 4.44. The fraction of sp³-hybridized carbons (Fsp3) is 0.721. The largest absolute Gasteiger partial charge is 0.497 e. The van der Waals surface area contributed by atoms with Gasteiger partial charge in [0.25, 0.3) is 0 Å². The van der Waals surface area contributed by atoms with Crippen molar-refractivity contribution in [3.63, 3.8) is 0 Å². The molecule has 4 saturated carbocycles.